The molecule has 0 aromatic heterocycles. The first kappa shape index (κ1) is 23.2. The van der Waals surface area contributed by atoms with E-state index in [1.807, 2.05) is 0 Å². The fraction of sp³-hybridized carbons (Fsp3) is 0.769. The zero-order valence-electron chi connectivity index (χ0n) is 18.7. The van der Waals surface area contributed by atoms with Crippen molar-refractivity contribution in [2.75, 3.05) is 0 Å². The van der Waals surface area contributed by atoms with Crippen molar-refractivity contribution in [3.8, 4) is 0 Å². The van der Waals surface area contributed by atoms with Gasteiger partial charge in [-0.2, -0.15) is 0 Å². The normalized spacial score (nSPS) is 15.9. The maximum atomic E-state index is 2.69. The molecule has 1 heteroatoms. The lowest BCUT2D eigenvalue weighted by atomic mass is 9.84. The second kappa shape index (κ2) is 10.6. The maximum Gasteiger partial charge on any atom is 0.0223 e. The number of halogens is 1. The van der Waals surface area contributed by atoms with E-state index in [2.05, 4.69) is 69.3 Å². The lowest BCUT2D eigenvalue weighted by molar-refractivity contribution is 0.308. The molecule has 27 heavy (non-hydrogen) atoms. The zero-order chi connectivity index (χ0) is 19.9. The molecular formula is C26H43I. The molecule has 1 aliphatic carbocycles. The Hall–Kier alpha value is -0.0500. The predicted molar refractivity (Wildman–Crippen MR) is 130 cm³/mol. The van der Waals surface area contributed by atoms with Crippen LogP contribution in [0.4, 0.5) is 0 Å². The molecule has 0 heterocycles. The van der Waals surface area contributed by atoms with Crippen LogP contribution in [0.3, 0.4) is 0 Å². The van der Waals surface area contributed by atoms with Crippen LogP contribution >= 0.6 is 22.6 Å². The lowest BCUT2D eigenvalue weighted by Gasteiger charge is -2.22. The van der Waals surface area contributed by atoms with Gasteiger partial charge in [-0.05, 0) is 92.9 Å². The van der Waals surface area contributed by atoms with E-state index in [1.165, 1.54) is 94.6 Å². The third-order valence-electron chi connectivity index (χ3n) is 6.97. The van der Waals surface area contributed by atoms with Gasteiger partial charge < -0.3 is 0 Å². The van der Waals surface area contributed by atoms with Crippen molar-refractivity contribution in [2.45, 2.75) is 122 Å². The van der Waals surface area contributed by atoms with Gasteiger partial charge >= 0.3 is 0 Å². The summed E-state index contributed by atoms with van der Waals surface area (Å²) in [5.74, 6) is 0. The lowest BCUT2D eigenvalue weighted by Crippen LogP contribution is -2.08. The number of aryl methyl sites for hydroxylation is 3. The Bertz CT molecular complexity index is 580. The van der Waals surface area contributed by atoms with Crippen LogP contribution in [0.1, 0.15) is 114 Å². The van der Waals surface area contributed by atoms with Gasteiger partial charge in [-0.25, -0.2) is 0 Å². The average molecular weight is 483 g/mol. The third-order valence-corrected chi connectivity index (χ3v) is 8.59. The Balaban J connectivity index is 1.73. The zero-order valence-corrected chi connectivity index (χ0v) is 20.9. The number of hydrogen-bond acceptors (Lipinski definition) is 0. The minimum absolute atomic E-state index is 0.531. The van der Waals surface area contributed by atoms with Gasteiger partial charge in [-0.15, -0.1) is 0 Å². The van der Waals surface area contributed by atoms with Crippen LogP contribution < -0.4 is 0 Å². The van der Waals surface area contributed by atoms with Crippen LogP contribution in [0.2, 0.25) is 0 Å². The van der Waals surface area contributed by atoms with E-state index < -0.39 is 0 Å². The van der Waals surface area contributed by atoms with E-state index in [9.17, 15) is 0 Å². The van der Waals surface area contributed by atoms with E-state index >= 15 is 0 Å². The van der Waals surface area contributed by atoms with Gasteiger partial charge in [0.05, 0.1) is 0 Å². The highest BCUT2D eigenvalue weighted by molar-refractivity contribution is 14.1. The summed E-state index contributed by atoms with van der Waals surface area (Å²) in [7, 11) is 0. The van der Waals surface area contributed by atoms with Crippen molar-refractivity contribution >= 4 is 22.6 Å². The van der Waals surface area contributed by atoms with Gasteiger partial charge in [0, 0.05) is 3.42 Å². The second-order valence-electron chi connectivity index (χ2n) is 9.99. The summed E-state index contributed by atoms with van der Waals surface area (Å²) in [5, 5.41) is 0. The fourth-order valence-electron chi connectivity index (χ4n) is 4.02. The van der Waals surface area contributed by atoms with Gasteiger partial charge in [0.1, 0.15) is 0 Å². The number of rotatable bonds is 13. The number of unbranched alkanes of at least 4 members (excludes halogenated alkanes) is 4. The number of hydrogen-bond donors (Lipinski definition) is 0. The molecule has 1 aromatic rings. The van der Waals surface area contributed by atoms with Crippen LogP contribution in [0.5, 0.6) is 0 Å². The van der Waals surface area contributed by atoms with Gasteiger partial charge in [0.15, 0.2) is 0 Å². The molecule has 154 valence electrons. The molecular weight excluding hydrogens is 439 g/mol. The Morgan fingerprint density at radius 3 is 2.26 bits per heavy atom. The van der Waals surface area contributed by atoms with Crippen molar-refractivity contribution in [3.05, 3.63) is 34.4 Å². The molecule has 0 N–H and O–H groups in total. The van der Waals surface area contributed by atoms with Crippen LogP contribution in [-0.2, 0) is 12.8 Å². The standard InChI is InChI=1S/C26H43I/c1-6-25(4,5)15-11-8-10-14-24-20-23(19-21(2)22(24)3)13-9-7-12-16-26(27)17-18-26/h19-20H,6-18H2,1-5H3. The minimum Gasteiger partial charge on any atom is -0.0789 e. The molecule has 1 fully saturated rings. The highest BCUT2D eigenvalue weighted by atomic mass is 127. The molecule has 0 unspecified atom stereocenters. The topological polar surface area (TPSA) is 0 Å². The van der Waals surface area contributed by atoms with Crippen LogP contribution in [0.15, 0.2) is 12.1 Å². The molecule has 0 amide bonds. The molecule has 0 saturated heterocycles. The molecule has 1 aliphatic rings. The van der Waals surface area contributed by atoms with E-state index in [0.717, 1.165) is 0 Å². The van der Waals surface area contributed by atoms with E-state index in [0.29, 0.717) is 8.84 Å². The maximum absolute atomic E-state index is 2.69. The van der Waals surface area contributed by atoms with Crippen LogP contribution in [0, 0.1) is 19.3 Å². The summed E-state index contributed by atoms with van der Waals surface area (Å²) >= 11 is 2.69. The molecule has 1 aromatic carbocycles. The number of alkyl halides is 1. The Labute approximate surface area is 183 Å². The van der Waals surface area contributed by atoms with Crippen molar-refractivity contribution in [1.29, 1.82) is 0 Å². The summed E-state index contributed by atoms with van der Waals surface area (Å²) in [6.07, 6.45) is 17.9. The highest BCUT2D eigenvalue weighted by Crippen LogP contribution is 2.48. The summed E-state index contributed by atoms with van der Waals surface area (Å²) < 4.78 is 0.706. The van der Waals surface area contributed by atoms with Crippen LogP contribution in [-0.4, -0.2) is 3.42 Å². The molecule has 2 rings (SSSR count). The minimum atomic E-state index is 0.531. The largest absolute Gasteiger partial charge is 0.0789 e. The highest BCUT2D eigenvalue weighted by Gasteiger charge is 2.38. The van der Waals surface area contributed by atoms with Gasteiger partial charge in [-0.1, -0.05) is 87.6 Å². The first-order valence-electron chi connectivity index (χ1n) is 11.5. The summed E-state index contributed by atoms with van der Waals surface area (Å²) in [4.78, 5) is 0. The first-order valence-corrected chi connectivity index (χ1v) is 12.6. The van der Waals surface area contributed by atoms with Crippen LogP contribution in [0.25, 0.3) is 0 Å². The second-order valence-corrected chi connectivity index (χ2v) is 12.3. The average Bonchev–Trinajstić information content (AvgIpc) is 3.35. The van der Waals surface area contributed by atoms with E-state index in [4.69, 9.17) is 0 Å². The van der Waals surface area contributed by atoms with Crippen molar-refractivity contribution in [1.82, 2.24) is 0 Å². The molecule has 0 radical (unpaired) electrons. The molecule has 0 atom stereocenters. The molecule has 0 nitrogen and oxygen atoms in total. The summed E-state index contributed by atoms with van der Waals surface area (Å²) in [6.45, 7) is 11.8. The molecule has 0 bridgehead atoms. The SMILES string of the molecule is CCC(C)(C)CCCCCc1cc(CCCCCC2(I)CC2)cc(C)c1C. The Kier molecular flexibility index (Phi) is 9.16. The third kappa shape index (κ3) is 8.46. The molecule has 1 saturated carbocycles. The quantitative estimate of drug-likeness (QED) is 0.150. The van der Waals surface area contributed by atoms with Gasteiger partial charge in [-0.3, -0.25) is 0 Å². The smallest absolute Gasteiger partial charge is 0.0223 e. The Morgan fingerprint density at radius 1 is 0.926 bits per heavy atom. The first-order chi connectivity index (χ1) is 12.7. The van der Waals surface area contributed by atoms with E-state index in [1.54, 1.807) is 11.1 Å². The van der Waals surface area contributed by atoms with Gasteiger partial charge in [0.2, 0.25) is 0 Å². The molecule has 0 spiro atoms. The van der Waals surface area contributed by atoms with E-state index in [-0.39, 0.29) is 0 Å². The van der Waals surface area contributed by atoms with Crippen molar-refractivity contribution in [2.24, 2.45) is 5.41 Å². The monoisotopic (exact) mass is 482 g/mol. The summed E-state index contributed by atoms with van der Waals surface area (Å²) in [6, 6.07) is 4.97. The van der Waals surface area contributed by atoms with Gasteiger partial charge in [0.25, 0.3) is 0 Å². The van der Waals surface area contributed by atoms with Crippen molar-refractivity contribution in [3.63, 3.8) is 0 Å². The van der Waals surface area contributed by atoms with Crippen molar-refractivity contribution < 1.29 is 0 Å². The number of benzene rings is 1. The molecule has 0 aliphatic heterocycles. The fourth-order valence-corrected chi connectivity index (χ4v) is 4.67. The summed E-state index contributed by atoms with van der Waals surface area (Å²) in [5.41, 5.74) is 6.76. The Morgan fingerprint density at radius 2 is 1.59 bits per heavy atom. The predicted octanol–water partition coefficient (Wildman–Crippen LogP) is 8.91.